The van der Waals surface area contributed by atoms with E-state index in [9.17, 15) is 4.79 Å². The third kappa shape index (κ3) is 1.94. The van der Waals surface area contributed by atoms with Crippen LogP contribution in [0.15, 0.2) is 24.3 Å². The number of benzene rings is 1. The van der Waals surface area contributed by atoms with Crippen molar-refractivity contribution in [1.29, 1.82) is 0 Å². The number of rotatable bonds is 3. The number of methoxy groups -OCH3 is 1. The summed E-state index contributed by atoms with van der Waals surface area (Å²) in [5.41, 5.74) is 6.23. The van der Waals surface area contributed by atoms with Gasteiger partial charge in [-0.2, -0.15) is 0 Å². The van der Waals surface area contributed by atoms with Crippen molar-refractivity contribution in [3.8, 4) is 5.75 Å². The first-order valence-corrected chi connectivity index (χ1v) is 5.07. The Morgan fingerprint density at radius 2 is 2.44 bits per heavy atom. The lowest BCUT2D eigenvalue weighted by Gasteiger charge is -2.13. The van der Waals surface area contributed by atoms with Crippen LogP contribution in [0.25, 0.3) is 0 Å². The lowest BCUT2D eigenvalue weighted by Crippen LogP contribution is -2.27. The van der Waals surface area contributed by atoms with Gasteiger partial charge in [-0.3, -0.25) is 4.90 Å². The SMILES string of the molecule is COc1cccc(N2C[C@@H](CN)OC2=O)c1. The van der Waals surface area contributed by atoms with Crippen LogP contribution in [0.3, 0.4) is 0 Å². The van der Waals surface area contributed by atoms with Gasteiger partial charge in [0, 0.05) is 12.6 Å². The molecule has 1 amide bonds. The number of nitrogens with two attached hydrogens (primary N) is 1. The van der Waals surface area contributed by atoms with E-state index in [0.717, 1.165) is 5.69 Å². The average molecular weight is 222 g/mol. The summed E-state index contributed by atoms with van der Waals surface area (Å²) in [6.07, 6.45) is -0.581. The Balaban J connectivity index is 2.20. The van der Waals surface area contributed by atoms with E-state index >= 15 is 0 Å². The molecule has 0 aliphatic carbocycles. The molecule has 1 saturated heterocycles. The van der Waals surface area contributed by atoms with Gasteiger partial charge in [0.05, 0.1) is 19.3 Å². The molecule has 5 heteroatoms. The smallest absolute Gasteiger partial charge is 0.414 e. The number of carbonyl (C=O) groups is 1. The number of cyclic esters (lactones) is 1. The second kappa shape index (κ2) is 4.40. The fourth-order valence-electron chi connectivity index (χ4n) is 1.63. The van der Waals surface area contributed by atoms with Crippen LogP contribution in [0, 0.1) is 0 Å². The molecular weight excluding hydrogens is 208 g/mol. The molecule has 0 radical (unpaired) electrons. The van der Waals surface area contributed by atoms with Crippen LogP contribution in [-0.4, -0.2) is 32.4 Å². The molecule has 1 aromatic carbocycles. The van der Waals surface area contributed by atoms with Gasteiger partial charge >= 0.3 is 6.09 Å². The molecule has 1 aliphatic heterocycles. The van der Waals surface area contributed by atoms with Gasteiger partial charge in [-0.15, -0.1) is 0 Å². The number of hydrogen-bond acceptors (Lipinski definition) is 4. The van der Waals surface area contributed by atoms with Gasteiger partial charge < -0.3 is 15.2 Å². The van der Waals surface area contributed by atoms with Crippen molar-refractivity contribution >= 4 is 11.8 Å². The van der Waals surface area contributed by atoms with Crippen molar-refractivity contribution < 1.29 is 14.3 Å². The maximum absolute atomic E-state index is 11.6. The minimum atomic E-state index is -0.358. The number of hydrogen-bond donors (Lipinski definition) is 1. The maximum atomic E-state index is 11.6. The highest BCUT2D eigenvalue weighted by molar-refractivity contribution is 5.89. The molecule has 0 bridgehead atoms. The van der Waals surface area contributed by atoms with Gasteiger partial charge in [0.2, 0.25) is 0 Å². The van der Waals surface area contributed by atoms with Crippen LogP contribution < -0.4 is 15.4 Å². The Morgan fingerprint density at radius 1 is 1.62 bits per heavy atom. The Labute approximate surface area is 93.7 Å². The molecule has 1 fully saturated rings. The second-order valence-corrected chi connectivity index (χ2v) is 3.55. The van der Waals surface area contributed by atoms with Crippen molar-refractivity contribution in [2.45, 2.75) is 6.10 Å². The minimum absolute atomic E-state index is 0.223. The highest BCUT2D eigenvalue weighted by atomic mass is 16.6. The van der Waals surface area contributed by atoms with Crippen LogP contribution in [0.5, 0.6) is 5.75 Å². The summed E-state index contributed by atoms with van der Waals surface area (Å²) in [5.74, 6) is 0.710. The largest absolute Gasteiger partial charge is 0.497 e. The first-order chi connectivity index (χ1) is 7.74. The zero-order valence-electron chi connectivity index (χ0n) is 9.05. The molecule has 0 saturated carbocycles. The number of ether oxygens (including phenoxy) is 2. The van der Waals surface area contributed by atoms with Gasteiger partial charge in [0.1, 0.15) is 11.9 Å². The fourth-order valence-corrected chi connectivity index (χ4v) is 1.63. The summed E-state index contributed by atoms with van der Waals surface area (Å²) >= 11 is 0. The predicted octanol–water partition coefficient (Wildman–Crippen LogP) is 0.979. The molecule has 1 heterocycles. The van der Waals surface area contributed by atoms with Crippen LogP contribution in [0.2, 0.25) is 0 Å². The van der Waals surface area contributed by atoms with Crippen LogP contribution in [0.1, 0.15) is 0 Å². The van der Waals surface area contributed by atoms with E-state index in [1.165, 1.54) is 0 Å². The molecule has 1 aromatic rings. The molecule has 0 unspecified atom stereocenters. The van der Waals surface area contributed by atoms with Crippen molar-refractivity contribution in [3.05, 3.63) is 24.3 Å². The Kier molecular flexibility index (Phi) is 2.96. The summed E-state index contributed by atoms with van der Waals surface area (Å²) in [5, 5.41) is 0. The standard InChI is InChI=1S/C11H14N2O3/c1-15-9-4-2-3-8(5-9)13-7-10(6-12)16-11(13)14/h2-5,10H,6-7,12H2,1H3/t10-/m1/s1. The topological polar surface area (TPSA) is 64.8 Å². The highest BCUT2D eigenvalue weighted by Gasteiger charge is 2.31. The summed E-state index contributed by atoms with van der Waals surface area (Å²) in [7, 11) is 1.59. The molecule has 16 heavy (non-hydrogen) atoms. The maximum Gasteiger partial charge on any atom is 0.414 e. The number of nitrogens with zero attached hydrogens (tertiary/aromatic N) is 1. The van der Waals surface area contributed by atoms with E-state index in [0.29, 0.717) is 18.8 Å². The quantitative estimate of drug-likeness (QED) is 0.828. The molecule has 5 nitrogen and oxygen atoms in total. The molecule has 2 rings (SSSR count). The van der Waals surface area contributed by atoms with Crippen LogP contribution >= 0.6 is 0 Å². The summed E-state index contributed by atoms with van der Waals surface area (Å²) in [6, 6.07) is 7.28. The zero-order valence-corrected chi connectivity index (χ0v) is 9.05. The van der Waals surface area contributed by atoms with Crippen molar-refractivity contribution in [3.63, 3.8) is 0 Å². The third-order valence-electron chi connectivity index (χ3n) is 2.50. The third-order valence-corrected chi connectivity index (χ3v) is 2.50. The molecule has 1 atom stereocenters. The van der Waals surface area contributed by atoms with Crippen molar-refractivity contribution in [1.82, 2.24) is 0 Å². The van der Waals surface area contributed by atoms with Crippen LogP contribution in [0.4, 0.5) is 10.5 Å². The first-order valence-electron chi connectivity index (χ1n) is 5.07. The Hall–Kier alpha value is -1.75. The number of carbonyl (C=O) groups excluding carboxylic acids is 1. The van der Waals surface area contributed by atoms with E-state index in [2.05, 4.69) is 0 Å². The van der Waals surface area contributed by atoms with Crippen molar-refractivity contribution in [2.24, 2.45) is 5.73 Å². The summed E-state index contributed by atoms with van der Waals surface area (Å²) in [6.45, 7) is 0.828. The highest BCUT2D eigenvalue weighted by Crippen LogP contribution is 2.24. The number of amides is 1. The monoisotopic (exact) mass is 222 g/mol. The van der Waals surface area contributed by atoms with Gasteiger partial charge in [0.25, 0.3) is 0 Å². The molecule has 0 aromatic heterocycles. The van der Waals surface area contributed by atoms with Gasteiger partial charge in [-0.1, -0.05) is 6.07 Å². The average Bonchev–Trinajstić information content (AvgIpc) is 2.71. The molecule has 0 spiro atoms. The van der Waals surface area contributed by atoms with E-state index < -0.39 is 0 Å². The molecule has 2 N–H and O–H groups in total. The second-order valence-electron chi connectivity index (χ2n) is 3.55. The number of anilines is 1. The van der Waals surface area contributed by atoms with E-state index in [1.54, 1.807) is 18.1 Å². The fraction of sp³-hybridized carbons (Fsp3) is 0.364. The predicted molar refractivity (Wildman–Crippen MR) is 59.7 cm³/mol. The van der Waals surface area contributed by atoms with Gasteiger partial charge in [0.15, 0.2) is 0 Å². The lowest BCUT2D eigenvalue weighted by atomic mass is 10.2. The van der Waals surface area contributed by atoms with Crippen molar-refractivity contribution in [2.75, 3.05) is 25.1 Å². The lowest BCUT2D eigenvalue weighted by molar-refractivity contribution is 0.145. The molecule has 1 aliphatic rings. The van der Waals surface area contributed by atoms with Gasteiger partial charge in [-0.25, -0.2) is 4.79 Å². The van der Waals surface area contributed by atoms with E-state index in [4.69, 9.17) is 15.2 Å². The normalized spacial score (nSPS) is 19.8. The van der Waals surface area contributed by atoms with Crippen LogP contribution in [-0.2, 0) is 4.74 Å². The van der Waals surface area contributed by atoms with Gasteiger partial charge in [-0.05, 0) is 12.1 Å². The minimum Gasteiger partial charge on any atom is -0.497 e. The summed E-state index contributed by atoms with van der Waals surface area (Å²) < 4.78 is 10.2. The van der Waals surface area contributed by atoms with E-state index in [1.807, 2.05) is 18.2 Å². The first kappa shape index (κ1) is 10.8. The molecular formula is C11H14N2O3. The Bertz CT molecular complexity index is 395. The Morgan fingerprint density at radius 3 is 3.06 bits per heavy atom. The summed E-state index contributed by atoms with van der Waals surface area (Å²) in [4.78, 5) is 13.1. The zero-order chi connectivity index (χ0) is 11.5. The molecule has 86 valence electrons. The van der Waals surface area contributed by atoms with E-state index in [-0.39, 0.29) is 12.2 Å².